The van der Waals surface area contributed by atoms with Crippen LogP contribution in [-0.4, -0.2) is 85.4 Å². The van der Waals surface area contributed by atoms with Crippen LogP contribution in [0.4, 0.5) is 8.78 Å². The fraction of sp³-hybridized carbons (Fsp3) is 0.676. The minimum Gasteiger partial charge on any atom is -0.390 e. The molecule has 430 valence electrons. The van der Waals surface area contributed by atoms with Gasteiger partial charge in [-0.1, -0.05) is 87.1 Å². The average Bonchev–Trinajstić information content (AvgIpc) is 3.92. The van der Waals surface area contributed by atoms with E-state index in [0.717, 1.165) is 56.1 Å². The third-order valence-corrected chi connectivity index (χ3v) is 25.2. The zero-order valence-corrected chi connectivity index (χ0v) is 49.6. The maximum Gasteiger partial charge on any atom is 0.178 e. The predicted molar refractivity (Wildman–Crippen MR) is 306 cm³/mol. The molecule has 8 saturated carbocycles. The van der Waals surface area contributed by atoms with E-state index in [0.29, 0.717) is 49.7 Å². The van der Waals surface area contributed by atoms with E-state index in [1.165, 1.54) is 41.1 Å². The lowest BCUT2D eigenvalue weighted by atomic mass is 9.45. The van der Waals surface area contributed by atoms with Crippen molar-refractivity contribution in [2.75, 3.05) is 12.0 Å². The first kappa shape index (κ1) is 58.9. The number of hydrogen-bond acceptors (Lipinski definition) is 10. The van der Waals surface area contributed by atoms with Gasteiger partial charge in [0.2, 0.25) is 0 Å². The monoisotopic (exact) mass is 1110 g/mol. The summed E-state index contributed by atoms with van der Waals surface area (Å²) in [7, 11) is 0. The summed E-state index contributed by atoms with van der Waals surface area (Å²) in [5, 5.41) is 42.6. The fourth-order valence-corrected chi connectivity index (χ4v) is 21.4. The first-order valence-corrected chi connectivity index (χ1v) is 31.3. The Labute approximate surface area is 477 Å². The normalized spacial score (nSPS) is 48.6. The number of aliphatic hydroxyl groups excluding tert-OH is 2. The number of alkyl halides is 2. The molecule has 0 aromatic rings. The van der Waals surface area contributed by atoms with Crippen molar-refractivity contribution >= 4 is 40.7 Å². The van der Waals surface area contributed by atoms with Crippen molar-refractivity contribution in [3.05, 3.63) is 83.1 Å². The average molecular weight is 1110 g/mol. The van der Waals surface area contributed by atoms with E-state index in [4.69, 9.17) is 5.26 Å². The maximum atomic E-state index is 16.9. The number of hydrogen-bond donors (Lipinski definition) is 3. The van der Waals surface area contributed by atoms with Gasteiger partial charge >= 0.3 is 0 Å². The van der Waals surface area contributed by atoms with Gasteiger partial charge in [0.15, 0.2) is 34.5 Å². The summed E-state index contributed by atoms with van der Waals surface area (Å²) in [6.07, 6.45) is 26.2. The van der Waals surface area contributed by atoms with E-state index >= 15 is 8.78 Å². The summed E-state index contributed by atoms with van der Waals surface area (Å²) >= 11 is 1.54. The number of carbonyl (C=O) groups excluding carboxylic acids is 5. The van der Waals surface area contributed by atoms with Crippen molar-refractivity contribution in [2.24, 2.45) is 91.7 Å². The number of thioether (sulfide) groups is 1. The van der Waals surface area contributed by atoms with Gasteiger partial charge in [0.05, 0.1) is 30.5 Å². The van der Waals surface area contributed by atoms with Crippen molar-refractivity contribution in [2.45, 2.75) is 181 Å². The number of Topliss-reactive ketones (excluding diaryl/α,β-unsaturated/α-hetero) is 2. The number of nitrogens with zero attached hydrogens (tertiary/aromatic N) is 1. The summed E-state index contributed by atoms with van der Waals surface area (Å²) in [6, 6.07) is 1.97. The molecule has 12 aliphatic carbocycles. The topological polar surface area (TPSA) is 170 Å². The van der Waals surface area contributed by atoms with Crippen LogP contribution in [0.2, 0.25) is 0 Å². The molecule has 0 saturated heterocycles. The Kier molecular flexibility index (Phi) is 14.9. The number of carbonyl (C=O) groups is 5. The lowest BCUT2D eigenvalue weighted by molar-refractivity contribution is -0.195. The van der Waals surface area contributed by atoms with E-state index in [1.807, 2.05) is 46.1 Å². The van der Waals surface area contributed by atoms with Crippen LogP contribution in [-0.2, 0) is 24.0 Å². The molecule has 21 atom stereocenters. The molecule has 0 radical (unpaired) electrons. The highest BCUT2D eigenvalue weighted by atomic mass is 32.2. The summed E-state index contributed by atoms with van der Waals surface area (Å²) in [5.74, 6) is 6.85. The zero-order chi connectivity index (χ0) is 58.1. The summed E-state index contributed by atoms with van der Waals surface area (Å²) in [6.45, 7) is 18.2. The van der Waals surface area contributed by atoms with E-state index in [1.54, 1.807) is 31.2 Å². The van der Waals surface area contributed by atoms with Crippen LogP contribution >= 0.6 is 11.8 Å². The van der Waals surface area contributed by atoms with Crippen LogP contribution in [0, 0.1) is 115 Å². The highest BCUT2D eigenvalue weighted by Crippen LogP contribution is 2.72. The van der Waals surface area contributed by atoms with Crippen LogP contribution in [0.5, 0.6) is 0 Å². The van der Waals surface area contributed by atoms with Gasteiger partial charge in [-0.2, -0.15) is 17.0 Å². The SMILES string of the molecule is CC#C[C@]1(O)CCC2C3CCC4=CC(=O)C=C[C@]4(C)C3=CC[C@@]21C.CSCC(=O)C1[C@H](C)CC2C3CCC4=CC(=O)C=C[C@]4(C)[C@@]3(F)[C@@H](O)C[C@@]21C.C[C@@H]1CC2C3CCC4=CC(=O)C=C[C@]4(C)[C@@]3(F)[C@@H](O)C[C@]2(C)C1C(=O)CC#N. The van der Waals surface area contributed by atoms with Crippen LogP contribution in [0.25, 0.3) is 0 Å². The van der Waals surface area contributed by atoms with Crippen molar-refractivity contribution in [3.63, 3.8) is 0 Å². The molecule has 0 aromatic carbocycles. The number of aliphatic hydroxyl groups is 3. The number of nitriles is 1. The van der Waals surface area contributed by atoms with Gasteiger partial charge in [-0.25, -0.2) is 8.78 Å². The van der Waals surface area contributed by atoms with Gasteiger partial charge in [0, 0.05) is 45.3 Å². The van der Waals surface area contributed by atoms with E-state index in [-0.39, 0.29) is 105 Å². The molecule has 0 bridgehead atoms. The molecule has 80 heavy (non-hydrogen) atoms. The molecule has 8 unspecified atom stereocenters. The van der Waals surface area contributed by atoms with E-state index in [2.05, 4.69) is 51.7 Å². The molecule has 0 amide bonds. The second kappa shape index (κ2) is 20.2. The Morgan fingerprint density at radius 3 is 1.65 bits per heavy atom. The Hall–Kier alpha value is -4.33. The molecular formula is C68H85F2NO8S. The third-order valence-electron chi connectivity index (χ3n) is 24.6. The highest BCUT2D eigenvalue weighted by Gasteiger charge is 2.74. The standard InChI is InChI=1S/C23H28FNO3.C23H31FO3S.C22H26O2/c1-13-10-17-16-5-4-14-11-15(26)6-8-22(14,3)23(16,24)19(28)12-21(17,2)20(13)18(27)7-9-25;1-13-9-17-16-6-5-14-10-15(25)7-8-22(14,3)23(16,24)19(27)11-21(17,2)20(13)18(26)12-28-4;1-4-10-22(24)13-9-19-17-6-5-15-14-16(23)7-11-20(15,2)18(17)8-12-21(19,22)3/h6,8,11,13,16-17,19-20,28H,4-5,7,10,12H2,1-3H3;7-8,10,13,16-17,19-20,27H,5-6,9,11-12H2,1-4H3;7-8,11,14,17,19,24H,5-6,9,12-13H2,1-3H3/t2*13-,16?,17?,19+,20?,21+,22+,23+;17?,19?,20-,21-,22-/m110/s1. The van der Waals surface area contributed by atoms with Crippen molar-refractivity contribution in [1.29, 1.82) is 5.26 Å². The zero-order valence-electron chi connectivity index (χ0n) is 48.8. The van der Waals surface area contributed by atoms with Crippen LogP contribution in [0.1, 0.15) is 152 Å². The summed E-state index contributed by atoms with van der Waals surface area (Å²) in [5.41, 5.74) is -3.26. The maximum absolute atomic E-state index is 16.9. The van der Waals surface area contributed by atoms with Gasteiger partial charge in [-0.05, 0) is 200 Å². The molecule has 12 heteroatoms. The lowest BCUT2D eigenvalue weighted by Crippen LogP contribution is -2.66. The third kappa shape index (κ3) is 8.21. The van der Waals surface area contributed by atoms with E-state index < -0.39 is 45.4 Å². The number of allylic oxidation sites excluding steroid dienone is 14. The predicted octanol–water partition coefficient (Wildman–Crippen LogP) is 11.8. The van der Waals surface area contributed by atoms with Crippen molar-refractivity contribution in [3.8, 4) is 17.9 Å². The number of rotatable bonds is 5. The van der Waals surface area contributed by atoms with E-state index in [9.17, 15) is 39.3 Å². The summed E-state index contributed by atoms with van der Waals surface area (Å²) in [4.78, 5) is 61.2. The van der Waals surface area contributed by atoms with Crippen LogP contribution in [0.15, 0.2) is 83.1 Å². The molecule has 0 aliphatic heterocycles. The highest BCUT2D eigenvalue weighted by molar-refractivity contribution is 7.99. The van der Waals surface area contributed by atoms with Gasteiger partial charge in [0.25, 0.3) is 0 Å². The minimum absolute atomic E-state index is 0.0204. The molecule has 3 N–H and O–H groups in total. The second-order valence-corrected chi connectivity index (χ2v) is 29.1. The quantitative estimate of drug-likeness (QED) is 0.178. The Morgan fingerprint density at radius 1 is 0.688 bits per heavy atom. The molecule has 12 rings (SSSR count). The molecule has 9 nitrogen and oxygen atoms in total. The Balaban J connectivity index is 0.000000135. The molecule has 8 fully saturated rings. The molecule has 0 heterocycles. The molecule has 0 aromatic heterocycles. The van der Waals surface area contributed by atoms with Crippen LogP contribution in [0.3, 0.4) is 0 Å². The first-order chi connectivity index (χ1) is 37.5. The Bertz CT molecular complexity index is 3010. The lowest BCUT2D eigenvalue weighted by Gasteiger charge is -2.62. The molecule has 12 aliphatic rings. The van der Waals surface area contributed by atoms with Gasteiger partial charge in [-0.3, -0.25) is 24.0 Å². The number of halogens is 2. The van der Waals surface area contributed by atoms with Gasteiger partial charge < -0.3 is 15.3 Å². The smallest absolute Gasteiger partial charge is 0.178 e. The van der Waals surface area contributed by atoms with Crippen LogP contribution < -0.4 is 0 Å². The summed E-state index contributed by atoms with van der Waals surface area (Å²) < 4.78 is 33.8. The van der Waals surface area contributed by atoms with Crippen molar-refractivity contribution < 1.29 is 48.1 Å². The molecule has 0 spiro atoms. The fourth-order valence-electron chi connectivity index (χ4n) is 20.9. The number of fused-ring (bicyclic) bond motifs is 15. The first-order valence-electron chi connectivity index (χ1n) is 29.9. The number of ketones is 5. The van der Waals surface area contributed by atoms with Gasteiger partial charge in [-0.15, -0.1) is 5.92 Å². The minimum atomic E-state index is -1.86. The van der Waals surface area contributed by atoms with Gasteiger partial charge in [0.1, 0.15) is 11.4 Å². The second-order valence-electron chi connectivity index (χ2n) is 28.2. The Morgan fingerprint density at radius 2 is 1.16 bits per heavy atom. The molecular weight excluding hydrogens is 1030 g/mol. The van der Waals surface area contributed by atoms with Crippen molar-refractivity contribution in [1.82, 2.24) is 0 Å². The largest absolute Gasteiger partial charge is 0.390 e.